The number of rotatable bonds is 3. The van der Waals surface area contributed by atoms with E-state index in [2.05, 4.69) is 4.98 Å². The first-order valence-corrected chi connectivity index (χ1v) is 7.27. The van der Waals surface area contributed by atoms with Gasteiger partial charge in [0.05, 0.1) is 5.75 Å². The van der Waals surface area contributed by atoms with Gasteiger partial charge in [0.25, 0.3) is 0 Å². The zero-order chi connectivity index (χ0) is 13.2. The molecule has 1 amide bonds. The smallest absolute Gasteiger partial charge is 0.239 e. The topological polar surface area (TPSA) is 46.3 Å². The van der Waals surface area contributed by atoms with Crippen molar-refractivity contribution < 1.29 is 9.21 Å². The highest BCUT2D eigenvalue weighted by molar-refractivity contribution is 8.00. The normalized spacial score (nSPS) is 19.1. The number of nitrogens with zero attached hydrogens (tertiary/aromatic N) is 2. The molecule has 1 fully saturated rings. The molecule has 1 atom stereocenters. The standard InChI is InChI=1S/C14H14N2O2S/c1-2-10-6-7-11(18-10)14-16(13(17)9-19-14)12-5-3-4-8-15-12/h3-8,14H,2,9H2,1H3. The van der Waals surface area contributed by atoms with Crippen LogP contribution in [-0.2, 0) is 11.2 Å². The van der Waals surface area contributed by atoms with Crippen LogP contribution in [0.4, 0.5) is 5.82 Å². The van der Waals surface area contributed by atoms with Crippen LogP contribution >= 0.6 is 11.8 Å². The molecule has 1 saturated heterocycles. The molecule has 0 N–H and O–H groups in total. The highest BCUT2D eigenvalue weighted by Crippen LogP contribution is 2.41. The number of thioether (sulfide) groups is 1. The third kappa shape index (κ3) is 2.26. The maximum absolute atomic E-state index is 12.1. The molecule has 1 unspecified atom stereocenters. The van der Waals surface area contributed by atoms with E-state index >= 15 is 0 Å². The zero-order valence-electron chi connectivity index (χ0n) is 10.6. The first kappa shape index (κ1) is 12.3. The lowest BCUT2D eigenvalue weighted by atomic mass is 10.3. The van der Waals surface area contributed by atoms with E-state index in [4.69, 9.17) is 4.42 Å². The number of aryl methyl sites for hydroxylation is 1. The molecule has 0 bridgehead atoms. The Balaban J connectivity index is 1.94. The van der Waals surface area contributed by atoms with E-state index in [-0.39, 0.29) is 11.3 Å². The number of amides is 1. The van der Waals surface area contributed by atoms with Gasteiger partial charge in [-0.1, -0.05) is 13.0 Å². The van der Waals surface area contributed by atoms with Crippen LogP contribution in [0.15, 0.2) is 40.9 Å². The van der Waals surface area contributed by atoms with Gasteiger partial charge in [-0.05, 0) is 24.3 Å². The Morgan fingerprint density at radius 1 is 1.42 bits per heavy atom. The van der Waals surface area contributed by atoms with E-state index in [0.29, 0.717) is 11.6 Å². The maximum atomic E-state index is 12.1. The van der Waals surface area contributed by atoms with Crippen LogP contribution in [0.25, 0.3) is 0 Å². The molecule has 0 saturated carbocycles. The molecule has 98 valence electrons. The Morgan fingerprint density at radius 3 is 3.00 bits per heavy atom. The Morgan fingerprint density at radius 2 is 2.32 bits per heavy atom. The van der Waals surface area contributed by atoms with Crippen molar-refractivity contribution in [2.75, 3.05) is 10.7 Å². The highest BCUT2D eigenvalue weighted by Gasteiger charge is 2.36. The Bertz CT molecular complexity index is 582. The van der Waals surface area contributed by atoms with Crippen molar-refractivity contribution in [1.29, 1.82) is 0 Å². The summed E-state index contributed by atoms with van der Waals surface area (Å²) in [5, 5.41) is -0.109. The van der Waals surface area contributed by atoms with Crippen molar-refractivity contribution in [1.82, 2.24) is 4.98 Å². The van der Waals surface area contributed by atoms with Crippen LogP contribution in [0.3, 0.4) is 0 Å². The molecule has 3 heterocycles. The summed E-state index contributed by atoms with van der Waals surface area (Å²) in [6.45, 7) is 2.05. The molecule has 5 heteroatoms. The molecular weight excluding hydrogens is 260 g/mol. The molecule has 0 aliphatic carbocycles. The van der Waals surface area contributed by atoms with Crippen LogP contribution in [-0.4, -0.2) is 16.6 Å². The highest BCUT2D eigenvalue weighted by atomic mass is 32.2. The second kappa shape index (κ2) is 5.09. The SMILES string of the molecule is CCc1ccc(C2SCC(=O)N2c2ccccn2)o1. The molecule has 0 aromatic carbocycles. The summed E-state index contributed by atoms with van der Waals surface area (Å²) in [7, 11) is 0. The van der Waals surface area contributed by atoms with Crippen LogP contribution in [0.1, 0.15) is 23.8 Å². The van der Waals surface area contributed by atoms with Crippen LogP contribution < -0.4 is 4.90 Å². The maximum Gasteiger partial charge on any atom is 0.239 e. The van der Waals surface area contributed by atoms with Crippen LogP contribution in [0.5, 0.6) is 0 Å². The summed E-state index contributed by atoms with van der Waals surface area (Å²) in [5.74, 6) is 2.97. The molecule has 4 nitrogen and oxygen atoms in total. The van der Waals surface area contributed by atoms with Gasteiger partial charge in [-0.25, -0.2) is 4.98 Å². The number of pyridine rings is 1. The minimum atomic E-state index is -0.109. The second-order valence-corrected chi connectivity index (χ2v) is 5.34. The summed E-state index contributed by atoms with van der Waals surface area (Å²) in [5.41, 5.74) is 0. The summed E-state index contributed by atoms with van der Waals surface area (Å²) in [4.78, 5) is 18.0. The number of anilines is 1. The van der Waals surface area contributed by atoms with Gasteiger partial charge in [-0.3, -0.25) is 9.69 Å². The Hall–Kier alpha value is -1.75. The first-order valence-electron chi connectivity index (χ1n) is 6.23. The molecule has 2 aromatic heterocycles. The third-order valence-corrected chi connectivity index (χ3v) is 4.21. The fourth-order valence-corrected chi connectivity index (χ4v) is 3.20. The van der Waals surface area contributed by atoms with E-state index in [9.17, 15) is 4.79 Å². The van der Waals surface area contributed by atoms with E-state index < -0.39 is 0 Å². The van der Waals surface area contributed by atoms with Crippen molar-refractivity contribution in [3.8, 4) is 0 Å². The number of aromatic nitrogens is 1. The van der Waals surface area contributed by atoms with Crippen molar-refractivity contribution >= 4 is 23.5 Å². The number of carbonyl (C=O) groups excluding carboxylic acids is 1. The van der Waals surface area contributed by atoms with Gasteiger partial charge in [0.1, 0.15) is 22.7 Å². The predicted molar refractivity (Wildman–Crippen MR) is 75.0 cm³/mol. The quantitative estimate of drug-likeness (QED) is 0.863. The van der Waals surface area contributed by atoms with E-state index in [1.165, 1.54) is 0 Å². The molecule has 1 aliphatic rings. The third-order valence-electron chi connectivity index (χ3n) is 3.04. The number of hydrogen-bond donors (Lipinski definition) is 0. The van der Waals surface area contributed by atoms with E-state index in [1.54, 1.807) is 22.9 Å². The minimum Gasteiger partial charge on any atom is -0.463 e. The molecule has 2 aromatic rings. The largest absolute Gasteiger partial charge is 0.463 e. The summed E-state index contributed by atoms with van der Waals surface area (Å²) >= 11 is 1.57. The molecule has 1 aliphatic heterocycles. The van der Waals surface area contributed by atoms with Gasteiger partial charge in [-0.15, -0.1) is 11.8 Å². The van der Waals surface area contributed by atoms with Gasteiger partial charge >= 0.3 is 0 Å². The number of hydrogen-bond acceptors (Lipinski definition) is 4. The van der Waals surface area contributed by atoms with Crippen LogP contribution in [0.2, 0.25) is 0 Å². The van der Waals surface area contributed by atoms with Crippen LogP contribution in [0, 0.1) is 0 Å². The number of carbonyl (C=O) groups is 1. The molecule has 3 rings (SSSR count). The predicted octanol–water partition coefficient (Wildman–Crippen LogP) is 3.02. The van der Waals surface area contributed by atoms with Gasteiger partial charge in [0.2, 0.25) is 5.91 Å². The number of furan rings is 1. The average Bonchev–Trinajstić information content (AvgIpc) is 3.05. The fourth-order valence-electron chi connectivity index (χ4n) is 2.10. The summed E-state index contributed by atoms with van der Waals surface area (Å²) in [6, 6.07) is 9.49. The molecule has 0 radical (unpaired) electrons. The van der Waals surface area contributed by atoms with Gasteiger partial charge < -0.3 is 4.42 Å². The zero-order valence-corrected chi connectivity index (χ0v) is 11.4. The van der Waals surface area contributed by atoms with E-state index in [1.807, 2.05) is 37.3 Å². The molecule has 0 spiro atoms. The van der Waals surface area contributed by atoms with Gasteiger partial charge in [0.15, 0.2) is 0 Å². The Kier molecular flexibility index (Phi) is 3.29. The Labute approximate surface area is 115 Å². The summed E-state index contributed by atoms with van der Waals surface area (Å²) in [6.07, 6.45) is 2.55. The molecular formula is C14H14N2O2S. The minimum absolute atomic E-state index is 0.0724. The molecule has 19 heavy (non-hydrogen) atoms. The second-order valence-electron chi connectivity index (χ2n) is 4.27. The van der Waals surface area contributed by atoms with Gasteiger partial charge in [-0.2, -0.15) is 0 Å². The fraction of sp³-hybridized carbons (Fsp3) is 0.286. The lowest BCUT2D eigenvalue weighted by Gasteiger charge is -2.21. The first-order chi connectivity index (χ1) is 9.29. The average molecular weight is 274 g/mol. The van der Waals surface area contributed by atoms with Gasteiger partial charge in [0, 0.05) is 12.6 Å². The lowest BCUT2D eigenvalue weighted by molar-refractivity contribution is -0.115. The monoisotopic (exact) mass is 274 g/mol. The summed E-state index contributed by atoms with van der Waals surface area (Å²) < 4.78 is 5.77. The van der Waals surface area contributed by atoms with E-state index in [0.717, 1.165) is 17.9 Å². The van der Waals surface area contributed by atoms with Crippen molar-refractivity contribution in [3.63, 3.8) is 0 Å². The van der Waals surface area contributed by atoms with Crippen molar-refractivity contribution in [2.45, 2.75) is 18.7 Å². The van der Waals surface area contributed by atoms with Crippen molar-refractivity contribution in [2.24, 2.45) is 0 Å². The lowest BCUT2D eigenvalue weighted by Crippen LogP contribution is -2.28. The van der Waals surface area contributed by atoms with Crippen molar-refractivity contribution in [3.05, 3.63) is 48.0 Å².